The molecule has 1 amide bonds. The lowest BCUT2D eigenvalue weighted by Crippen LogP contribution is -2.42. The molecule has 160 valence electrons. The summed E-state index contributed by atoms with van der Waals surface area (Å²) in [6.45, 7) is 2.38. The first-order chi connectivity index (χ1) is 13.1. The summed E-state index contributed by atoms with van der Waals surface area (Å²) >= 11 is 1.52. The molecule has 1 heterocycles. The third kappa shape index (κ3) is 8.56. The van der Waals surface area contributed by atoms with Crippen LogP contribution in [0.3, 0.4) is 0 Å². The number of hydrogen-bond donors (Lipinski definition) is 2. The van der Waals surface area contributed by atoms with Crippen LogP contribution in [0.2, 0.25) is 0 Å². The van der Waals surface area contributed by atoms with Crippen LogP contribution in [0.5, 0.6) is 0 Å². The molecule has 29 heavy (non-hydrogen) atoms. The Morgan fingerprint density at radius 3 is 2.59 bits per heavy atom. The van der Waals surface area contributed by atoms with Gasteiger partial charge < -0.3 is 15.5 Å². The van der Waals surface area contributed by atoms with Crippen molar-refractivity contribution in [2.75, 3.05) is 20.6 Å². The van der Waals surface area contributed by atoms with Gasteiger partial charge in [0.25, 0.3) is 0 Å². The van der Waals surface area contributed by atoms with E-state index in [9.17, 15) is 18.0 Å². The molecule has 0 aliphatic carbocycles. The van der Waals surface area contributed by atoms with E-state index in [0.717, 1.165) is 22.0 Å². The van der Waals surface area contributed by atoms with Crippen LogP contribution in [0.4, 0.5) is 13.2 Å². The number of amides is 1. The fourth-order valence-electron chi connectivity index (χ4n) is 2.15. The quantitative estimate of drug-likeness (QED) is 0.334. The predicted octanol–water partition coefficient (Wildman–Crippen LogP) is 3.41. The van der Waals surface area contributed by atoms with E-state index in [4.69, 9.17) is 0 Å². The number of aliphatic imine (C=N–C) groups is 1. The Labute approximate surface area is 188 Å². The van der Waals surface area contributed by atoms with E-state index in [2.05, 4.69) is 20.6 Å². The van der Waals surface area contributed by atoms with E-state index in [-0.39, 0.29) is 43.0 Å². The number of rotatable bonds is 6. The molecule has 0 unspecified atom stereocenters. The van der Waals surface area contributed by atoms with Gasteiger partial charge >= 0.3 is 6.18 Å². The second kappa shape index (κ2) is 11.3. The lowest BCUT2D eigenvalue weighted by molar-refractivity contribution is -0.137. The number of benzene rings is 1. The van der Waals surface area contributed by atoms with E-state index < -0.39 is 11.7 Å². The van der Waals surface area contributed by atoms with Gasteiger partial charge in [-0.05, 0) is 24.6 Å². The standard InChI is InChI=1S/C18H22F3N5OS.HI/c1-12-8-22-15(28-12)10-24-17(25-11-16(27)26(2)3)23-9-13-5-4-6-14(7-13)18(19,20)21;/h4-8H,9-11H2,1-3H3,(H2,23,24,25);1H. The van der Waals surface area contributed by atoms with Gasteiger partial charge in [0.1, 0.15) is 5.01 Å². The number of carbonyl (C=O) groups is 1. The highest BCUT2D eigenvalue weighted by molar-refractivity contribution is 14.0. The summed E-state index contributed by atoms with van der Waals surface area (Å²) in [7, 11) is 3.27. The first kappa shape index (κ1) is 25.1. The predicted molar refractivity (Wildman–Crippen MR) is 118 cm³/mol. The molecule has 0 aliphatic rings. The Balaban J connectivity index is 0.00000420. The summed E-state index contributed by atoms with van der Waals surface area (Å²) in [6, 6.07) is 5.01. The van der Waals surface area contributed by atoms with Crippen molar-refractivity contribution in [3.63, 3.8) is 0 Å². The molecule has 0 radical (unpaired) electrons. The average molecular weight is 541 g/mol. The van der Waals surface area contributed by atoms with Crippen molar-refractivity contribution >= 4 is 47.2 Å². The van der Waals surface area contributed by atoms with Crippen molar-refractivity contribution < 1.29 is 18.0 Å². The minimum absolute atomic E-state index is 0. The highest BCUT2D eigenvalue weighted by atomic mass is 127. The molecule has 0 saturated heterocycles. The van der Waals surface area contributed by atoms with Crippen molar-refractivity contribution in [3.05, 3.63) is 51.5 Å². The maximum atomic E-state index is 12.9. The van der Waals surface area contributed by atoms with Gasteiger partial charge in [0.05, 0.1) is 25.2 Å². The summed E-state index contributed by atoms with van der Waals surface area (Å²) in [5.74, 6) is 0.166. The third-order valence-corrected chi connectivity index (χ3v) is 4.57. The van der Waals surface area contributed by atoms with Crippen molar-refractivity contribution in [2.24, 2.45) is 4.99 Å². The fraction of sp³-hybridized carbons (Fsp3) is 0.389. The monoisotopic (exact) mass is 541 g/mol. The first-order valence-corrected chi connectivity index (χ1v) is 9.26. The number of aryl methyl sites for hydroxylation is 1. The zero-order valence-electron chi connectivity index (χ0n) is 16.2. The molecule has 2 N–H and O–H groups in total. The van der Waals surface area contributed by atoms with Gasteiger partial charge in [-0.1, -0.05) is 12.1 Å². The Hall–Kier alpha value is -1.89. The number of alkyl halides is 3. The summed E-state index contributed by atoms with van der Waals surface area (Å²) in [5, 5.41) is 6.79. The Morgan fingerprint density at radius 2 is 2.00 bits per heavy atom. The van der Waals surface area contributed by atoms with E-state index in [1.807, 2.05) is 6.92 Å². The minimum Gasteiger partial charge on any atom is -0.350 e. The van der Waals surface area contributed by atoms with Crippen molar-refractivity contribution in [1.29, 1.82) is 0 Å². The molecule has 6 nitrogen and oxygen atoms in total. The van der Waals surface area contributed by atoms with Crippen LogP contribution >= 0.6 is 35.3 Å². The number of guanidine groups is 1. The molecule has 1 aromatic carbocycles. The van der Waals surface area contributed by atoms with Crippen molar-refractivity contribution in [3.8, 4) is 0 Å². The van der Waals surface area contributed by atoms with E-state index in [1.165, 1.54) is 22.3 Å². The second-order valence-electron chi connectivity index (χ2n) is 6.22. The summed E-state index contributed by atoms with van der Waals surface area (Å²) in [5.41, 5.74) is -0.302. The Morgan fingerprint density at radius 1 is 1.28 bits per heavy atom. The first-order valence-electron chi connectivity index (χ1n) is 8.45. The highest BCUT2D eigenvalue weighted by Gasteiger charge is 2.30. The molecule has 0 aliphatic heterocycles. The fourth-order valence-corrected chi connectivity index (χ4v) is 2.88. The molecule has 0 saturated carbocycles. The number of nitrogens with one attached hydrogen (secondary N) is 2. The number of halogens is 4. The molecule has 0 bridgehead atoms. The number of hydrogen-bond acceptors (Lipinski definition) is 4. The van der Waals surface area contributed by atoms with Gasteiger partial charge in [0, 0.05) is 25.2 Å². The van der Waals surface area contributed by atoms with E-state index >= 15 is 0 Å². The van der Waals surface area contributed by atoms with Crippen LogP contribution < -0.4 is 10.6 Å². The van der Waals surface area contributed by atoms with Gasteiger partial charge in [-0.2, -0.15) is 13.2 Å². The van der Waals surface area contributed by atoms with Gasteiger partial charge in [-0.25, -0.2) is 9.98 Å². The molecule has 2 aromatic rings. The second-order valence-corrected chi connectivity index (χ2v) is 7.54. The molecule has 0 spiro atoms. The lowest BCUT2D eigenvalue weighted by Gasteiger charge is -2.14. The van der Waals surface area contributed by atoms with E-state index in [0.29, 0.717) is 18.1 Å². The Kier molecular flexibility index (Phi) is 9.83. The number of likely N-dealkylation sites (N-methyl/N-ethyl adjacent to an activating group) is 1. The number of aromatic nitrogens is 1. The molecular weight excluding hydrogens is 518 g/mol. The summed E-state index contributed by atoms with van der Waals surface area (Å²) in [6.07, 6.45) is -2.65. The highest BCUT2D eigenvalue weighted by Crippen LogP contribution is 2.29. The van der Waals surface area contributed by atoms with Gasteiger partial charge in [0.15, 0.2) is 5.96 Å². The molecule has 11 heteroatoms. The summed E-state index contributed by atoms with van der Waals surface area (Å²) < 4.78 is 38.6. The van der Waals surface area contributed by atoms with Crippen LogP contribution in [-0.2, 0) is 24.1 Å². The minimum atomic E-state index is -4.40. The maximum absolute atomic E-state index is 12.9. The number of thiazole rings is 1. The number of carbonyl (C=O) groups excluding carboxylic acids is 1. The molecule has 0 atom stereocenters. The third-order valence-electron chi connectivity index (χ3n) is 3.66. The smallest absolute Gasteiger partial charge is 0.350 e. The van der Waals surface area contributed by atoms with Gasteiger partial charge in [0.2, 0.25) is 5.91 Å². The van der Waals surface area contributed by atoms with Crippen LogP contribution in [0.25, 0.3) is 0 Å². The van der Waals surface area contributed by atoms with Crippen LogP contribution in [0.15, 0.2) is 35.5 Å². The molecule has 0 fully saturated rings. The summed E-state index contributed by atoms with van der Waals surface area (Å²) in [4.78, 5) is 22.8. The van der Waals surface area contributed by atoms with Gasteiger partial charge in [-0.3, -0.25) is 4.79 Å². The normalized spacial score (nSPS) is 11.6. The largest absolute Gasteiger partial charge is 0.416 e. The van der Waals surface area contributed by atoms with Crippen LogP contribution in [0, 0.1) is 6.92 Å². The molecule has 1 aromatic heterocycles. The molecular formula is C18H23F3IN5OS. The van der Waals surface area contributed by atoms with E-state index in [1.54, 1.807) is 26.4 Å². The zero-order chi connectivity index (χ0) is 20.7. The van der Waals surface area contributed by atoms with Crippen molar-refractivity contribution in [1.82, 2.24) is 20.5 Å². The van der Waals surface area contributed by atoms with Crippen molar-refractivity contribution in [2.45, 2.75) is 26.2 Å². The van der Waals surface area contributed by atoms with Crippen LogP contribution in [0.1, 0.15) is 21.0 Å². The zero-order valence-corrected chi connectivity index (χ0v) is 19.4. The SMILES string of the molecule is Cc1cnc(CNC(=NCc2cccc(C(F)(F)F)c2)NCC(=O)N(C)C)s1.I. The maximum Gasteiger partial charge on any atom is 0.416 e. The Bertz CT molecular complexity index is 839. The van der Waals surface area contributed by atoms with Gasteiger partial charge in [-0.15, -0.1) is 35.3 Å². The average Bonchev–Trinajstić information content (AvgIpc) is 3.05. The number of nitrogens with zero attached hydrogens (tertiary/aromatic N) is 3. The lowest BCUT2D eigenvalue weighted by atomic mass is 10.1. The topological polar surface area (TPSA) is 69.6 Å². The van der Waals surface area contributed by atoms with Crippen LogP contribution in [-0.4, -0.2) is 42.4 Å². The molecule has 2 rings (SSSR count).